The van der Waals surface area contributed by atoms with Crippen LogP contribution in [0, 0.1) is 5.92 Å². The molecule has 1 aromatic rings. The van der Waals surface area contributed by atoms with E-state index in [0.29, 0.717) is 17.3 Å². The summed E-state index contributed by atoms with van der Waals surface area (Å²) >= 11 is 0. The summed E-state index contributed by atoms with van der Waals surface area (Å²) in [5.41, 5.74) is 8.10. The van der Waals surface area contributed by atoms with E-state index in [2.05, 4.69) is 17.6 Å². The largest absolute Gasteiger partial charge is 0.397 e. The highest BCUT2D eigenvalue weighted by Gasteiger charge is 2.35. The van der Waals surface area contributed by atoms with Crippen LogP contribution in [0.4, 0.5) is 11.4 Å². The van der Waals surface area contributed by atoms with Crippen molar-refractivity contribution in [3.8, 4) is 0 Å². The molecule has 4 N–H and O–H groups in total. The van der Waals surface area contributed by atoms with Gasteiger partial charge >= 0.3 is 0 Å². The van der Waals surface area contributed by atoms with Crippen molar-refractivity contribution in [2.75, 3.05) is 18.1 Å². The van der Waals surface area contributed by atoms with E-state index in [1.54, 1.807) is 19.2 Å². The Labute approximate surface area is 102 Å². The summed E-state index contributed by atoms with van der Waals surface area (Å²) in [7, 11) is 1.62. The topological polar surface area (TPSA) is 67.2 Å². The molecule has 0 aliphatic heterocycles. The van der Waals surface area contributed by atoms with Gasteiger partial charge in [0.15, 0.2) is 0 Å². The molecule has 2 unspecified atom stereocenters. The molecule has 2 rings (SSSR count). The monoisotopic (exact) mass is 233 g/mol. The third-order valence-corrected chi connectivity index (χ3v) is 3.33. The number of rotatable bonds is 4. The number of carbonyl (C=O) groups excluding carboxylic acids is 1. The number of amides is 1. The Bertz CT molecular complexity index is 431. The Morgan fingerprint density at radius 1 is 1.53 bits per heavy atom. The van der Waals surface area contributed by atoms with Gasteiger partial charge in [-0.05, 0) is 30.5 Å². The minimum atomic E-state index is -0.0871. The smallest absolute Gasteiger partial charge is 0.251 e. The van der Waals surface area contributed by atoms with Gasteiger partial charge in [-0.2, -0.15) is 0 Å². The van der Waals surface area contributed by atoms with Crippen molar-refractivity contribution in [2.24, 2.45) is 5.92 Å². The highest BCUT2D eigenvalue weighted by atomic mass is 16.1. The van der Waals surface area contributed by atoms with Crippen molar-refractivity contribution in [2.45, 2.75) is 25.8 Å². The molecule has 0 radical (unpaired) electrons. The zero-order valence-electron chi connectivity index (χ0n) is 10.3. The summed E-state index contributed by atoms with van der Waals surface area (Å²) in [6, 6.07) is 5.85. The maximum Gasteiger partial charge on any atom is 0.251 e. The van der Waals surface area contributed by atoms with Gasteiger partial charge in [0.1, 0.15) is 0 Å². The fraction of sp³-hybridized carbons (Fsp3) is 0.462. The highest BCUT2D eigenvalue weighted by molar-refractivity contribution is 5.96. The fourth-order valence-electron chi connectivity index (χ4n) is 2.04. The first kappa shape index (κ1) is 11.8. The normalized spacial score (nSPS) is 22.0. The lowest BCUT2D eigenvalue weighted by Gasteiger charge is -2.10. The maximum atomic E-state index is 11.5. The summed E-state index contributed by atoms with van der Waals surface area (Å²) < 4.78 is 0. The molecule has 1 amide bonds. The zero-order chi connectivity index (χ0) is 12.4. The molecule has 1 aliphatic rings. The zero-order valence-corrected chi connectivity index (χ0v) is 10.3. The quantitative estimate of drug-likeness (QED) is 0.695. The molecule has 92 valence electrons. The van der Waals surface area contributed by atoms with Gasteiger partial charge in [0.25, 0.3) is 5.91 Å². The van der Waals surface area contributed by atoms with E-state index in [-0.39, 0.29) is 5.91 Å². The first-order valence-corrected chi connectivity index (χ1v) is 6.03. The Morgan fingerprint density at radius 2 is 2.29 bits per heavy atom. The van der Waals surface area contributed by atoms with Gasteiger partial charge in [0.05, 0.1) is 11.4 Å². The molecule has 1 aliphatic carbocycles. The molecule has 4 heteroatoms. The van der Waals surface area contributed by atoms with Crippen molar-refractivity contribution in [1.29, 1.82) is 0 Å². The van der Waals surface area contributed by atoms with Gasteiger partial charge in [-0.3, -0.25) is 4.79 Å². The van der Waals surface area contributed by atoms with E-state index >= 15 is 0 Å². The van der Waals surface area contributed by atoms with Gasteiger partial charge in [-0.25, -0.2) is 0 Å². The van der Waals surface area contributed by atoms with Gasteiger partial charge in [0, 0.05) is 18.7 Å². The molecule has 1 saturated carbocycles. The minimum absolute atomic E-state index is 0.0871. The summed E-state index contributed by atoms with van der Waals surface area (Å²) in [5.74, 6) is 0.661. The van der Waals surface area contributed by atoms with Crippen LogP contribution in [0.25, 0.3) is 0 Å². The van der Waals surface area contributed by atoms with E-state index in [0.717, 1.165) is 11.6 Å². The SMILES string of the molecule is CCC1CC1Nc1cc(C(=O)NC)ccc1N. The number of benzene rings is 1. The van der Waals surface area contributed by atoms with Crippen LogP contribution in [0.1, 0.15) is 30.1 Å². The average Bonchev–Trinajstić information content (AvgIpc) is 3.09. The molecule has 2 atom stereocenters. The second-order valence-corrected chi connectivity index (χ2v) is 4.54. The van der Waals surface area contributed by atoms with Gasteiger partial charge < -0.3 is 16.4 Å². The Balaban J connectivity index is 2.13. The number of nitrogen functional groups attached to an aromatic ring is 1. The van der Waals surface area contributed by atoms with Gasteiger partial charge in [-0.15, -0.1) is 0 Å². The molecule has 0 heterocycles. The number of anilines is 2. The number of nitrogens with one attached hydrogen (secondary N) is 2. The molecule has 17 heavy (non-hydrogen) atoms. The molecule has 4 nitrogen and oxygen atoms in total. The van der Waals surface area contributed by atoms with Crippen LogP contribution in [0.3, 0.4) is 0 Å². The van der Waals surface area contributed by atoms with Crippen LogP contribution in [0.15, 0.2) is 18.2 Å². The molecule has 0 bridgehead atoms. The number of hydrogen-bond donors (Lipinski definition) is 3. The number of carbonyl (C=O) groups is 1. The molecule has 1 aromatic carbocycles. The van der Waals surface area contributed by atoms with Crippen LogP contribution >= 0.6 is 0 Å². The van der Waals surface area contributed by atoms with Crippen LogP contribution in [0.2, 0.25) is 0 Å². The lowest BCUT2D eigenvalue weighted by molar-refractivity contribution is 0.0963. The molecule has 0 aromatic heterocycles. The van der Waals surface area contributed by atoms with Crippen molar-refractivity contribution in [3.63, 3.8) is 0 Å². The predicted molar refractivity (Wildman–Crippen MR) is 70.1 cm³/mol. The van der Waals surface area contributed by atoms with Gasteiger partial charge in [-0.1, -0.05) is 13.3 Å². The second kappa shape index (κ2) is 4.65. The summed E-state index contributed by atoms with van der Waals surface area (Å²) in [5, 5.41) is 6.01. The van der Waals surface area contributed by atoms with Gasteiger partial charge in [0.2, 0.25) is 0 Å². The fourth-order valence-corrected chi connectivity index (χ4v) is 2.04. The van der Waals surface area contributed by atoms with Crippen LogP contribution in [-0.2, 0) is 0 Å². The standard InChI is InChI=1S/C13H19N3O/c1-3-8-6-11(8)16-12-7-9(13(17)15-2)4-5-10(12)14/h4-5,7-8,11,16H,3,6,14H2,1-2H3,(H,15,17). The Hall–Kier alpha value is -1.71. The molecular formula is C13H19N3O. The van der Waals surface area contributed by atoms with E-state index in [4.69, 9.17) is 5.73 Å². The van der Waals surface area contributed by atoms with Crippen molar-refractivity contribution < 1.29 is 4.79 Å². The molecule has 0 spiro atoms. The van der Waals surface area contributed by atoms with E-state index in [9.17, 15) is 4.79 Å². The summed E-state index contributed by atoms with van der Waals surface area (Å²) in [6.07, 6.45) is 2.38. The number of nitrogens with two attached hydrogens (primary N) is 1. The minimum Gasteiger partial charge on any atom is -0.397 e. The summed E-state index contributed by atoms with van der Waals surface area (Å²) in [6.45, 7) is 2.19. The molecule has 0 saturated heterocycles. The van der Waals surface area contributed by atoms with Crippen molar-refractivity contribution in [3.05, 3.63) is 23.8 Å². The first-order valence-electron chi connectivity index (χ1n) is 6.03. The van der Waals surface area contributed by atoms with E-state index < -0.39 is 0 Å². The average molecular weight is 233 g/mol. The number of hydrogen-bond acceptors (Lipinski definition) is 3. The third kappa shape index (κ3) is 2.52. The van der Waals surface area contributed by atoms with Crippen LogP contribution in [0.5, 0.6) is 0 Å². The van der Waals surface area contributed by atoms with Crippen molar-refractivity contribution >= 4 is 17.3 Å². The lowest BCUT2D eigenvalue weighted by atomic mass is 10.1. The molecule has 1 fully saturated rings. The Kier molecular flexibility index (Phi) is 3.22. The maximum absolute atomic E-state index is 11.5. The van der Waals surface area contributed by atoms with Crippen molar-refractivity contribution in [1.82, 2.24) is 5.32 Å². The first-order chi connectivity index (χ1) is 8.15. The summed E-state index contributed by atoms with van der Waals surface area (Å²) in [4.78, 5) is 11.5. The third-order valence-electron chi connectivity index (χ3n) is 3.33. The van der Waals surface area contributed by atoms with E-state index in [1.807, 2.05) is 6.07 Å². The predicted octanol–water partition coefficient (Wildman–Crippen LogP) is 1.84. The lowest BCUT2D eigenvalue weighted by Crippen LogP contribution is -2.18. The highest BCUT2D eigenvalue weighted by Crippen LogP contribution is 2.37. The second-order valence-electron chi connectivity index (χ2n) is 4.54. The van der Waals surface area contributed by atoms with E-state index in [1.165, 1.54) is 12.8 Å². The molecular weight excluding hydrogens is 214 g/mol. The van der Waals surface area contributed by atoms with Crippen LogP contribution < -0.4 is 16.4 Å². The van der Waals surface area contributed by atoms with Crippen LogP contribution in [-0.4, -0.2) is 19.0 Å². The Morgan fingerprint density at radius 3 is 2.88 bits per heavy atom.